The van der Waals surface area contributed by atoms with Gasteiger partial charge in [-0.25, -0.2) is 0 Å². The van der Waals surface area contributed by atoms with E-state index in [0.29, 0.717) is 5.92 Å². The van der Waals surface area contributed by atoms with E-state index in [1.54, 1.807) is 11.8 Å². The number of fused-ring (bicyclic) bond motifs is 1. The third kappa shape index (κ3) is 1.48. The van der Waals surface area contributed by atoms with Crippen molar-refractivity contribution in [1.82, 2.24) is 0 Å². The topological polar surface area (TPSA) is 38.4 Å². The molecule has 0 aromatic rings. The number of hydrogen-bond donors (Lipinski definition) is 1. The first-order valence-electron chi connectivity index (χ1n) is 5.23. The second-order valence-corrected chi connectivity index (χ2v) is 5.78. The molecule has 1 heterocycles. The number of nitrogens with two attached hydrogens (primary N) is 1. The van der Waals surface area contributed by atoms with Crippen LogP contribution in [0.2, 0.25) is 0 Å². The van der Waals surface area contributed by atoms with E-state index in [1.165, 1.54) is 29.7 Å². The van der Waals surface area contributed by atoms with E-state index < -0.39 is 0 Å². The molecule has 2 aliphatic rings. The summed E-state index contributed by atoms with van der Waals surface area (Å²) in [6.07, 6.45) is 3.76. The quantitative estimate of drug-likeness (QED) is 0.667. The smallest absolute Gasteiger partial charge is 0.159 e. The highest BCUT2D eigenvalue weighted by molar-refractivity contribution is 8.17. The molecule has 3 heteroatoms. The highest BCUT2D eigenvalue weighted by atomic mass is 32.2. The molecule has 1 aliphatic heterocycles. The first-order chi connectivity index (χ1) is 6.53. The Morgan fingerprint density at radius 2 is 2.29 bits per heavy atom. The lowest BCUT2D eigenvalue weighted by Gasteiger charge is -2.34. The molecule has 1 saturated carbocycles. The summed E-state index contributed by atoms with van der Waals surface area (Å²) in [7, 11) is 0. The third-order valence-corrected chi connectivity index (χ3v) is 4.53. The van der Waals surface area contributed by atoms with E-state index in [-0.39, 0.29) is 5.54 Å². The Morgan fingerprint density at radius 3 is 2.93 bits per heavy atom. The molecule has 2 N–H and O–H groups in total. The van der Waals surface area contributed by atoms with Gasteiger partial charge in [0.05, 0.1) is 5.54 Å². The second kappa shape index (κ2) is 3.30. The number of allylic oxidation sites excluding steroid dienone is 1. The van der Waals surface area contributed by atoms with Crippen LogP contribution in [0.15, 0.2) is 15.5 Å². The number of rotatable bonds is 0. The van der Waals surface area contributed by atoms with Gasteiger partial charge in [0.1, 0.15) is 0 Å². The molecule has 0 saturated heterocycles. The monoisotopic (exact) mass is 210 g/mol. The maximum absolute atomic E-state index is 5.88. The van der Waals surface area contributed by atoms with E-state index in [2.05, 4.69) is 25.8 Å². The zero-order chi connectivity index (χ0) is 10.3. The van der Waals surface area contributed by atoms with Gasteiger partial charge in [0, 0.05) is 5.92 Å². The van der Waals surface area contributed by atoms with Crippen LogP contribution in [-0.4, -0.2) is 10.7 Å². The molecule has 0 radical (unpaired) electrons. The zero-order valence-electron chi connectivity index (χ0n) is 9.13. The van der Waals surface area contributed by atoms with E-state index in [4.69, 9.17) is 5.73 Å². The molecule has 14 heavy (non-hydrogen) atoms. The van der Waals surface area contributed by atoms with Gasteiger partial charge in [-0.3, -0.25) is 4.99 Å². The van der Waals surface area contributed by atoms with Crippen molar-refractivity contribution in [3.05, 3.63) is 10.5 Å². The number of hydrogen-bond acceptors (Lipinski definition) is 3. The van der Waals surface area contributed by atoms with E-state index in [0.717, 1.165) is 5.17 Å². The van der Waals surface area contributed by atoms with Crippen molar-refractivity contribution < 1.29 is 0 Å². The van der Waals surface area contributed by atoms with E-state index in [9.17, 15) is 0 Å². The van der Waals surface area contributed by atoms with E-state index >= 15 is 0 Å². The van der Waals surface area contributed by atoms with Crippen molar-refractivity contribution >= 4 is 16.9 Å². The first kappa shape index (κ1) is 10.1. The average Bonchev–Trinajstić information content (AvgIpc) is 2.43. The molecular weight excluding hydrogens is 192 g/mol. The number of thioether (sulfide) groups is 1. The summed E-state index contributed by atoms with van der Waals surface area (Å²) < 4.78 is 0. The maximum Gasteiger partial charge on any atom is 0.159 e. The molecular formula is C11H18N2S. The lowest BCUT2D eigenvalue weighted by Crippen LogP contribution is -2.35. The molecule has 2 unspecified atom stereocenters. The number of nitrogens with zero attached hydrogens (tertiary/aromatic N) is 1. The highest BCUT2D eigenvalue weighted by Gasteiger charge is 2.44. The van der Waals surface area contributed by atoms with Crippen molar-refractivity contribution in [2.75, 3.05) is 0 Å². The summed E-state index contributed by atoms with van der Waals surface area (Å²) in [6, 6.07) is 0. The summed E-state index contributed by atoms with van der Waals surface area (Å²) >= 11 is 1.68. The van der Waals surface area contributed by atoms with Crippen LogP contribution in [0.25, 0.3) is 0 Å². The van der Waals surface area contributed by atoms with Crippen LogP contribution in [-0.2, 0) is 0 Å². The minimum absolute atomic E-state index is 0.0991. The third-order valence-electron chi connectivity index (χ3n) is 3.32. The maximum atomic E-state index is 5.88. The Bertz CT molecular complexity index is 315. The van der Waals surface area contributed by atoms with Crippen molar-refractivity contribution in [2.24, 2.45) is 16.6 Å². The van der Waals surface area contributed by atoms with Crippen LogP contribution in [0.1, 0.15) is 40.0 Å². The fourth-order valence-electron chi connectivity index (χ4n) is 2.61. The second-order valence-electron chi connectivity index (χ2n) is 4.72. The molecule has 2 atom stereocenters. The molecule has 0 aromatic heterocycles. The average molecular weight is 210 g/mol. The molecule has 78 valence electrons. The lowest BCUT2D eigenvalue weighted by atomic mass is 9.88. The molecule has 0 aromatic carbocycles. The van der Waals surface area contributed by atoms with Crippen molar-refractivity contribution in [3.63, 3.8) is 0 Å². The van der Waals surface area contributed by atoms with Crippen molar-refractivity contribution in [3.8, 4) is 0 Å². The fraction of sp³-hybridized carbons (Fsp3) is 0.727. The normalized spacial score (nSPS) is 36.6. The molecule has 0 spiro atoms. The number of aliphatic imine (C=N–C) groups is 1. The molecule has 2 nitrogen and oxygen atoms in total. The predicted molar refractivity (Wildman–Crippen MR) is 63.3 cm³/mol. The van der Waals surface area contributed by atoms with Gasteiger partial charge in [-0.05, 0) is 38.5 Å². The van der Waals surface area contributed by atoms with Gasteiger partial charge < -0.3 is 5.73 Å². The summed E-state index contributed by atoms with van der Waals surface area (Å²) in [5.41, 5.74) is 7.39. The summed E-state index contributed by atoms with van der Waals surface area (Å²) in [6.45, 7) is 6.61. The molecule has 0 bridgehead atoms. The zero-order valence-corrected chi connectivity index (χ0v) is 9.95. The highest BCUT2D eigenvalue weighted by Crippen LogP contribution is 2.50. The van der Waals surface area contributed by atoms with Crippen molar-refractivity contribution in [2.45, 2.75) is 45.6 Å². The van der Waals surface area contributed by atoms with Crippen molar-refractivity contribution in [1.29, 1.82) is 0 Å². The Balaban J connectivity index is 2.44. The van der Waals surface area contributed by atoms with Crippen LogP contribution in [0.5, 0.6) is 0 Å². The Hall–Kier alpha value is -0.440. The first-order valence-corrected chi connectivity index (χ1v) is 6.05. The van der Waals surface area contributed by atoms with E-state index in [1.807, 2.05) is 0 Å². The predicted octanol–water partition coefficient (Wildman–Crippen LogP) is 2.90. The molecule has 2 rings (SSSR count). The summed E-state index contributed by atoms with van der Waals surface area (Å²) in [5.74, 6) is 0.629. The van der Waals surface area contributed by atoms with Gasteiger partial charge in [0.2, 0.25) is 0 Å². The largest absolute Gasteiger partial charge is 0.378 e. The standard InChI is InChI=1S/C11H18N2S/c1-7(2)9-8-5-4-6-11(8,3)13-10(12)14-9/h8H,4-6H2,1-3H3,(H2,12,13). The minimum Gasteiger partial charge on any atom is -0.378 e. The Kier molecular flexibility index (Phi) is 2.38. The van der Waals surface area contributed by atoms with Gasteiger partial charge in [-0.1, -0.05) is 23.8 Å². The lowest BCUT2D eigenvalue weighted by molar-refractivity contribution is 0.402. The van der Waals surface area contributed by atoms with Crippen LogP contribution < -0.4 is 5.73 Å². The fourth-order valence-corrected chi connectivity index (χ4v) is 3.80. The molecule has 0 amide bonds. The van der Waals surface area contributed by atoms with Gasteiger partial charge in [-0.15, -0.1) is 0 Å². The van der Waals surface area contributed by atoms with Gasteiger partial charge in [0.25, 0.3) is 0 Å². The van der Waals surface area contributed by atoms with Gasteiger partial charge in [-0.2, -0.15) is 0 Å². The SMILES string of the molecule is CC(C)=C1SC(N)=NC2(C)CCCC12. The van der Waals surface area contributed by atoms with Crippen LogP contribution >= 0.6 is 11.8 Å². The Labute approximate surface area is 90.0 Å². The number of amidine groups is 1. The van der Waals surface area contributed by atoms with Gasteiger partial charge >= 0.3 is 0 Å². The molecule has 1 fully saturated rings. The van der Waals surface area contributed by atoms with Gasteiger partial charge in [0.15, 0.2) is 5.17 Å². The molecule has 1 aliphatic carbocycles. The summed E-state index contributed by atoms with van der Waals surface area (Å²) in [5, 5.41) is 0.752. The van der Waals surface area contributed by atoms with Crippen LogP contribution in [0.3, 0.4) is 0 Å². The van der Waals surface area contributed by atoms with Crippen LogP contribution in [0, 0.1) is 5.92 Å². The van der Waals surface area contributed by atoms with Crippen LogP contribution in [0.4, 0.5) is 0 Å². The summed E-state index contributed by atoms with van der Waals surface area (Å²) in [4.78, 5) is 6.10. The Morgan fingerprint density at radius 1 is 1.57 bits per heavy atom. The minimum atomic E-state index is 0.0991.